The summed E-state index contributed by atoms with van der Waals surface area (Å²) in [5.74, 6) is -0.151. The Morgan fingerprint density at radius 3 is 2.94 bits per heavy atom. The Morgan fingerprint density at radius 1 is 1.47 bits per heavy atom. The highest BCUT2D eigenvalue weighted by atomic mass is 127. The van der Waals surface area contributed by atoms with E-state index in [9.17, 15) is 4.39 Å². The van der Waals surface area contributed by atoms with Crippen LogP contribution in [-0.4, -0.2) is 19.1 Å². The normalized spacial score (nSPS) is 23.4. The molecule has 1 fully saturated rings. The van der Waals surface area contributed by atoms with E-state index in [4.69, 9.17) is 0 Å². The van der Waals surface area contributed by atoms with Crippen LogP contribution in [0.2, 0.25) is 0 Å². The first kappa shape index (κ1) is 13.1. The minimum atomic E-state index is -0.151. The van der Waals surface area contributed by atoms with Gasteiger partial charge in [0, 0.05) is 12.6 Å². The Bertz CT molecular complexity index is 406. The summed E-state index contributed by atoms with van der Waals surface area (Å²) in [5, 5.41) is 6.89. The van der Waals surface area contributed by atoms with Gasteiger partial charge in [0.2, 0.25) is 0 Å². The highest BCUT2D eigenvalue weighted by molar-refractivity contribution is 14.1. The molecular formula is C13H18FIN2. The molecule has 1 saturated heterocycles. The van der Waals surface area contributed by atoms with Crippen LogP contribution in [0, 0.1) is 14.8 Å². The fourth-order valence-corrected chi connectivity index (χ4v) is 2.76. The molecule has 0 aromatic heterocycles. The fourth-order valence-electron chi connectivity index (χ4n) is 2.24. The van der Waals surface area contributed by atoms with Crippen molar-refractivity contribution in [2.45, 2.75) is 26.3 Å². The van der Waals surface area contributed by atoms with Crippen molar-refractivity contribution in [1.29, 1.82) is 0 Å². The molecule has 94 valence electrons. The van der Waals surface area contributed by atoms with Crippen molar-refractivity contribution in [3.05, 3.63) is 27.6 Å². The number of hydrogen-bond acceptors (Lipinski definition) is 2. The molecule has 0 aliphatic carbocycles. The van der Waals surface area contributed by atoms with Gasteiger partial charge in [-0.15, -0.1) is 0 Å². The lowest BCUT2D eigenvalue weighted by Crippen LogP contribution is -2.49. The average Bonchev–Trinajstić information content (AvgIpc) is 2.27. The molecular weight excluding hydrogens is 330 g/mol. The van der Waals surface area contributed by atoms with Crippen molar-refractivity contribution in [2.75, 3.05) is 18.4 Å². The van der Waals surface area contributed by atoms with Crippen molar-refractivity contribution in [3.63, 3.8) is 0 Å². The number of anilines is 1. The van der Waals surface area contributed by atoms with Crippen molar-refractivity contribution in [3.8, 4) is 0 Å². The lowest BCUT2D eigenvalue weighted by Gasteiger charge is -2.40. The topological polar surface area (TPSA) is 24.1 Å². The molecule has 1 unspecified atom stereocenters. The predicted octanol–water partition coefficient (Wildman–Crippen LogP) is 3.23. The van der Waals surface area contributed by atoms with Gasteiger partial charge in [0.15, 0.2) is 0 Å². The standard InChI is InChI=1S/C13H18FIN2/c1-13(2)8-16-7-6-11(13)17-10-5-3-4-9(14)12(10)15/h3-5,11,16-17H,6-8H2,1-2H3. The SMILES string of the molecule is CC1(C)CNCCC1Nc1cccc(F)c1I. The lowest BCUT2D eigenvalue weighted by atomic mass is 9.80. The van der Waals surface area contributed by atoms with E-state index in [-0.39, 0.29) is 11.2 Å². The molecule has 1 heterocycles. The van der Waals surface area contributed by atoms with E-state index < -0.39 is 0 Å². The van der Waals surface area contributed by atoms with Gasteiger partial charge in [0.25, 0.3) is 0 Å². The monoisotopic (exact) mass is 348 g/mol. The van der Waals surface area contributed by atoms with Crippen molar-refractivity contribution >= 4 is 28.3 Å². The summed E-state index contributed by atoms with van der Waals surface area (Å²) in [4.78, 5) is 0. The summed E-state index contributed by atoms with van der Waals surface area (Å²) in [5.41, 5.74) is 1.10. The summed E-state index contributed by atoms with van der Waals surface area (Å²) in [7, 11) is 0. The van der Waals surface area contributed by atoms with E-state index in [0.717, 1.165) is 25.2 Å². The van der Waals surface area contributed by atoms with Gasteiger partial charge in [0.05, 0.1) is 9.26 Å². The number of rotatable bonds is 2. The van der Waals surface area contributed by atoms with Crippen LogP contribution in [0.3, 0.4) is 0 Å². The Kier molecular flexibility index (Phi) is 3.92. The molecule has 1 aliphatic rings. The van der Waals surface area contributed by atoms with E-state index in [1.165, 1.54) is 6.07 Å². The number of halogens is 2. The minimum absolute atomic E-state index is 0.151. The van der Waals surface area contributed by atoms with E-state index in [1.54, 1.807) is 6.07 Å². The first-order chi connectivity index (χ1) is 8.00. The van der Waals surface area contributed by atoms with Gasteiger partial charge in [-0.3, -0.25) is 0 Å². The van der Waals surface area contributed by atoms with Crippen LogP contribution in [0.25, 0.3) is 0 Å². The van der Waals surface area contributed by atoms with Gasteiger partial charge in [0.1, 0.15) is 5.82 Å². The molecule has 1 aromatic rings. The molecule has 0 bridgehead atoms. The zero-order valence-electron chi connectivity index (χ0n) is 10.2. The maximum Gasteiger partial charge on any atom is 0.138 e. The molecule has 0 saturated carbocycles. The largest absolute Gasteiger partial charge is 0.381 e. The average molecular weight is 348 g/mol. The maximum atomic E-state index is 13.5. The van der Waals surface area contributed by atoms with Crippen LogP contribution in [0.1, 0.15) is 20.3 Å². The summed E-state index contributed by atoms with van der Waals surface area (Å²) >= 11 is 2.06. The molecule has 17 heavy (non-hydrogen) atoms. The van der Waals surface area contributed by atoms with Gasteiger partial charge >= 0.3 is 0 Å². The third-order valence-electron chi connectivity index (χ3n) is 3.42. The predicted molar refractivity (Wildman–Crippen MR) is 77.8 cm³/mol. The van der Waals surface area contributed by atoms with E-state index in [1.807, 2.05) is 6.07 Å². The molecule has 1 aliphatic heterocycles. The van der Waals surface area contributed by atoms with Gasteiger partial charge in [-0.1, -0.05) is 19.9 Å². The van der Waals surface area contributed by atoms with Gasteiger partial charge in [-0.25, -0.2) is 4.39 Å². The number of benzene rings is 1. The Morgan fingerprint density at radius 2 is 2.24 bits per heavy atom. The second-order valence-corrected chi connectivity index (χ2v) is 6.33. The van der Waals surface area contributed by atoms with E-state index in [0.29, 0.717) is 9.61 Å². The molecule has 2 rings (SSSR count). The first-order valence-corrected chi connectivity index (χ1v) is 7.00. The summed E-state index contributed by atoms with van der Waals surface area (Å²) in [6, 6.07) is 5.59. The smallest absolute Gasteiger partial charge is 0.138 e. The zero-order valence-corrected chi connectivity index (χ0v) is 12.3. The van der Waals surface area contributed by atoms with Crippen LogP contribution in [-0.2, 0) is 0 Å². The number of hydrogen-bond donors (Lipinski definition) is 2. The molecule has 0 spiro atoms. The Hall–Kier alpha value is -0.360. The zero-order chi connectivity index (χ0) is 12.5. The third kappa shape index (κ3) is 2.91. The Labute approximate surface area is 116 Å². The third-order valence-corrected chi connectivity index (χ3v) is 4.51. The second-order valence-electron chi connectivity index (χ2n) is 5.25. The highest BCUT2D eigenvalue weighted by Gasteiger charge is 2.32. The van der Waals surface area contributed by atoms with Crippen LogP contribution >= 0.6 is 22.6 Å². The quantitative estimate of drug-likeness (QED) is 0.802. The number of nitrogens with one attached hydrogen (secondary N) is 2. The van der Waals surface area contributed by atoms with Crippen LogP contribution in [0.4, 0.5) is 10.1 Å². The molecule has 4 heteroatoms. The van der Waals surface area contributed by atoms with Gasteiger partial charge in [-0.05, 0) is 53.1 Å². The fraction of sp³-hybridized carbons (Fsp3) is 0.538. The van der Waals surface area contributed by atoms with Crippen LogP contribution in [0.5, 0.6) is 0 Å². The van der Waals surface area contributed by atoms with Crippen molar-refractivity contribution in [1.82, 2.24) is 5.32 Å². The molecule has 0 amide bonds. The number of piperidine rings is 1. The summed E-state index contributed by atoms with van der Waals surface area (Å²) < 4.78 is 14.1. The lowest BCUT2D eigenvalue weighted by molar-refractivity contribution is 0.236. The van der Waals surface area contributed by atoms with Gasteiger partial charge < -0.3 is 10.6 Å². The van der Waals surface area contributed by atoms with Crippen molar-refractivity contribution in [2.24, 2.45) is 5.41 Å². The second kappa shape index (κ2) is 5.10. The van der Waals surface area contributed by atoms with E-state index in [2.05, 4.69) is 47.1 Å². The minimum Gasteiger partial charge on any atom is -0.381 e. The molecule has 0 radical (unpaired) electrons. The van der Waals surface area contributed by atoms with Crippen LogP contribution in [0.15, 0.2) is 18.2 Å². The van der Waals surface area contributed by atoms with E-state index >= 15 is 0 Å². The molecule has 2 nitrogen and oxygen atoms in total. The molecule has 2 N–H and O–H groups in total. The van der Waals surface area contributed by atoms with Crippen LogP contribution < -0.4 is 10.6 Å². The van der Waals surface area contributed by atoms with Gasteiger partial charge in [-0.2, -0.15) is 0 Å². The molecule has 1 aromatic carbocycles. The first-order valence-electron chi connectivity index (χ1n) is 5.92. The highest BCUT2D eigenvalue weighted by Crippen LogP contribution is 2.30. The summed E-state index contributed by atoms with van der Waals surface area (Å²) in [6.45, 7) is 6.50. The maximum absolute atomic E-state index is 13.5. The van der Waals surface area contributed by atoms with Crippen molar-refractivity contribution < 1.29 is 4.39 Å². The molecule has 1 atom stereocenters. The summed E-state index contributed by atoms with van der Waals surface area (Å²) in [6.07, 6.45) is 1.07. The Balaban J connectivity index is 2.17.